The van der Waals surface area contributed by atoms with Crippen molar-refractivity contribution in [3.8, 4) is 5.75 Å². The van der Waals surface area contributed by atoms with E-state index in [9.17, 15) is 8.78 Å². The van der Waals surface area contributed by atoms with Crippen LogP contribution in [-0.2, 0) is 7.05 Å². The summed E-state index contributed by atoms with van der Waals surface area (Å²) in [4.78, 5) is 0. The molecule has 0 aliphatic rings. The van der Waals surface area contributed by atoms with E-state index >= 15 is 0 Å². The Morgan fingerprint density at radius 2 is 1.86 bits per heavy atom. The van der Waals surface area contributed by atoms with Gasteiger partial charge < -0.3 is 15.4 Å². The van der Waals surface area contributed by atoms with Crippen LogP contribution in [0.25, 0.3) is 0 Å². The van der Waals surface area contributed by atoms with Gasteiger partial charge in [-0.2, -0.15) is 13.9 Å². The number of hydrogen-bond donors (Lipinski definition) is 2. The predicted octanol–water partition coefficient (Wildman–Crippen LogP) is 3.45. The smallest absolute Gasteiger partial charge is 0.387 e. The van der Waals surface area contributed by atoms with Crippen LogP contribution in [0.5, 0.6) is 5.75 Å². The summed E-state index contributed by atoms with van der Waals surface area (Å²) in [7, 11) is 1.85. The molecule has 0 fully saturated rings. The summed E-state index contributed by atoms with van der Waals surface area (Å²) in [6.45, 7) is 0.980. The van der Waals surface area contributed by atoms with Crippen LogP contribution < -0.4 is 15.4 Å². The molecule has 5 nitrogen and oxygen atoms in total. The van der Waals surface area contributed by atoms with Crippen molar-refractivity contribution >= 4 is 28.7 Å². The first-order valence-corrected chi connectivity index (χ1v) is 6.90. The third-order valence-electron chi connectivity index (χ3n) is 3.08. The lowest BCUT2D eigenvalue weighted by atomic mass is 10.3. The molecule has 118 valence electrons. The minimum Gasteiger partial charge on any atom is -0.435 e. The van der Waals surface area contributed by atoms with Gasteiger partial charge in [0.15, 0.2) is 5.11 Å². The van der Waals surface area contributed by atoms with E-state index in [1.165, 1.54) is 12.1 Å². The summed E-state index contributed by atoms with van der Waals surface area (Å²) in [6.07, 6.45) is 0. The van der Waals surface area contributed by atoms with Gasteiger partial charge in [-0.15, -0.1) is 0 Å². The standard InChI is InChI=1S/C14H16F2N4OS/c1-8-12(9(2)20(3)19-8)18-14(22)17-10-4-6-11(7-5-10)21-13(15)16/h4-7,13H,1-3H3,(H2,17,18,22). The molecule has 1 heterocycles. The lowest BCUT2D eigenvalue weighted by molar-refractivity contribution is -0.0498. The van der Waals surface area contributed by atoms with Crippen molar-refractivity contribution in [2.45, 2.75) is 20.5 Å². The van der Waals surface area contributed by atoms with Crippen molar-refractivity contribution < 1.29 is 13.5 Å². The molecule has 0 saturated carbocycles. The summed E-state index contributed by atoms with van der Waals surface area (Å²) in [6, 6.07) is 6.10. The van der Waals surface area contributed by atoms with Gasteiger partial charge >= 0.3 is 6.61 Å². The Kier molecular flexibility index (Phi) is 4.92. The summed E-state index contributed by atoms with van der Waals surface area (Å²) in [5.74, 6) is 0.0957. The van der Waals surface area contributed by atoms with Gasteiger partial charge in [0, 0.05) is 12.7 Å². The average molecular weight is 326 g/mol. The fraction of sp³-hybridized carbons (Fsp3) is 0.286. The molecular formula is C14H16F2N4OS. The van der Waals surface area contributed by atoms with Gasteiger partial charge in [-0.1, -0.05) is 0 Å². The van der Waals surface area contributed by atoms with Crippen molar-refractivity contribution in [2.75, 3.05) is 10.6 Å². The second kappa shape index (κ2) is 6.69. The highest BCUT2D eigenvalue weighted by atomic mass is 32.1. The molecule has 2 N–H and O–H groups in total. The number of thiocarbonyl (C=S) groups is 1. The van der Waals surface area contributed by atoms with Crippen LogP contribution in [0.4, 0.5) is 20.2 Å². The molecule has 0 bridgehead atoms. The Balaban J connectivity index is 2.00. The number of nitrogens with one attached hydrogen (secondary N) is 2. The Morgan fingerprint density at radius 1 is 1.23 bits per heavy atom. The summed E-state index contributed by atoms with van der Waals surface area (Å²) in [5.41, 5.74) is 3.31. The predicted molar refractivity (Wildman–Crippen MR) is 85.6 cm³/mol. The summed E-state index contributed by atoms with van der Waals surface area (Å²) in [5, 5.41) is 10.7. The number of aryl methyl sites for hydroxylation is 2. The lowest BCUT2D eigenvalue weighted by Gasteiger charge is -2.11. The number of ether oxygens (including phenoxy) is 1. The maximum absolute atomic E-state index is 12.1. The first-order valence-electron chi connectivity index (χ1n) is 6.50. The van der Waals surface area contributed by atoms with Crippen molar-refractivity contribution in [1.82, 2.24) is 9.78 Å². The van der Waals surface area contributed by atoms with Gasteiger partial charge in [0.05, 0.1) is 17.1 Å². The molecule has 2 rings (SSSR count). The topological polar surface area (TPSA) is 51.1 Å². The Labute approximate surface area is 132 Å². The number of nitrogens with zero attached hydrogens (tertiary/aromatic N) is 2. The van der Waals surface area contributed by atoms with E-state index in [0.29, 0.717) is 10.8 Å². The van der Waals surface area contributed by atoms with E-state index in [1.807, 2.05) is 20.9 Å². The van der Waals surface area contributed by atoms with E-state index in [4.69, 9.17) is 12.2 Å². The molecule has 22 heavy (non-hydrogen) atoms. The zero-order valence-electron chi connectivity index (χ0n) is 12.4. The SMILES string of the molecule is Cc1nn(C)c(C)c1NC(=S)Nc1ccc(OC(F)F)cc1. The largest absolute Gasteiger partial charge is 0.435 e. The highest BCUT2D eigenvalue weighted by Gasteiger charge is 2.10. The Hall–Kier alpha value is -2.22. The summed E-state index contributed by atoms with van der Waals surface area (Å²) >= 11 is 5.24. The molecule has 0 radical (unpaired) electrons. The van der Waals surface area contributed by atoms with Crippen LogP contribution in [0.1, 0.15) is 11.4 Å². The van der Waals surface area contributed by atoms with Gasteiger partial charge in [-0.05, 0) is 50.3 Å². The second-order valence-corrected chi connectivity index (χ2v) is 5.06. The average Bonchev–Trinajstić information content (AvgIpc) is 2.67. The first kappa shape index (κ1) is 16.2. The van der Waals surface area contributed by atoms with Crippen LogP contribution in [0.15, 0.2) is 24.3 Å². The number of benzene rings is 1. The highest BCUT2D eigenvalue weighted by molar-refractivity contribution is 7.80. The number of hydrogen-bond acceptors (Lipinski definition) is 3. The molecule has 8 heteroatoms. The van der Waals surface area contributed by atoms with Crippen LogP contribution in [0.2, 0.25) is 0 Å². The number of halogens is 2. The zero-order chi connectivity index (χ0) is 16.3. The Morgan fingerprint density at radius 3 is 2.36 bits per heavy atom. The molecule has 2 aromatic rings. The maximum atomic E-state index is 12.1. The number of alkyl halides is 2. The van der Waals surface area contributed by atoms with Gasteiger partial charge in [0.1, 0.15) is 5.75 Å². The minimum atomic E-state index is -2.84. The van der Waals surface area contributed by atoms with E-state index in [0.717, 1.165) is 17.1 Å². The van der Waals surface area contributed by atoms with Gasteiger partial charge in [0.25, 0.3) is 0 Å². The lowest BCUT2D eigenvalue weighted by Crippen LogP contribution is -2.19. The zero-order valence-corrected chi connectivity index (χ0v) is 13.2. The van der Waals surface area contributed by atoms with Gasteiger partial charge in [-0.25, -0.2) is 0 Å². The van der Waals surface area contributed by atoms with Crippen LogP contribution in [0.3, 0.4) is 0 Å². The maximum Gasteiger partial charge on any atom is 0.387 e. The fourth-order valence-electron chi connectivity index (χ4n) is 1.95. The molecule has 0 saturated heterocycles. The quantitative estimate of drug-likeness (QED) is 0.843. The fourth-order valence-corrected chi connectivity index (χ4v) is 2.17. The third-order valence-corrected chi connectivity index (χ3v) is 3.29. The molecule has 1 aromatic heterocycles. The van der Waals surface area contributed by atoms with Crippen LogP contribution in [0, 0.1) is 13.8 Å². The van der Waals surface area contributed by atoms with Crippen molar-refractivity contribution in [3.63, 3.8) is 0 Å². The first-order chi connectivity index (χ1) is 10.4. The second-order valence-electron chi connectivity index (χ2n) is 4.65. The van der Waals surface area contributed by atoms with Crippen molar-refractivity contribution in [2.24, 2.45) is 7.05 Å². The van der Waals surface area contributed by atoms with Gasteiger partial charge in [0.2, 0.25) is 0 Å². The minimum absolute atomic E-state index is 0.0957. The molecule has 0 atom stereocenters. The van der Waals surface area contributed by atoms with Crippen molar-refractivity contribution in [1.29, 1.82) is 0 Å². The van der Waals surface area contributed by atoms with E-state index in [2.05, 4.69) is 20.5 Å². The normalized spacial score (nSPS) is 10.6. The molecule has 0 amide bonds. The third kappa shape index (κ3) is 3.91. The summed E-state index contributed by atoms with van der Waals surface area (Å²) < 4.78 is 30.2. The van der Waals surface area contributed by atoms with Crippen LogP contribution in [-0.4, -0.2) is 21.5 Å². The highest BCUT2D eigenvalue weighted by Crippen LogP contribution is 2.20. The Bertz CT molecular complexity index is 670. The molecule has 0 spiro atoms. The number of aromatic nitrogens is 2. The molecule has 0 aliphatic carbocycles. The monoisotopic (exact) mass is 326 g/mol. The van der Waals surface area contributed by atoms with E-state index in [1.54, 1.807) is 16.8 Å². The molecular weight excluding hydrogens is 310 g/mol. The van der Waals surface area contributed by atoms with E-state index in [-0.39, 0.29) is 5.75 Å². The van der Waals surface area contributed by atoms with Gasteiger partial charge in [-0.3, -0.25) is 4.68 Å². The van der Waals surface area contributed by atoms with Crippen LogP contribution >= 0.6 is 12.2 Å². The molecule has 0 unspecified atom stereocenters. The number of rotatable bonds is 4. The number of anilines is 2. The van der Waals surface area contributed by atoms with Crippen molar-refractivity contribution in [3.05, 3.63) is 35.7 Å². The van der Waals surface area contributed by atoms with E-state index < -0.39 is 6.61 Å². The molecule has 1 aromatic carbocycles. The molecule has 0 aliphatic heterocycles.